The number of benzene rings is 3. The van der Waals surface area contributed by atoms with Crippen molar-refractivity contribution in [2.45, 2.75) is 32.7 Å². The van der Waals surface area contributed by atoms with Crippen LogP contribution in [0.15, 0.2) is 81.0 Å². The standard InChI is InChI=1S/C22H21BrF2NO5PS3.Na.H/c23-21-11-17(5-10-20(21)22(24,25)32(27,28)29)13-33-12-15-1-3-16(4-2-15)14-34-18-6-8-19(9-7-18)35(26,30)31;;/h1-11H,12-14H2,(H2,26,30,31)(H2,27,28,29);;. The molecule has 0 bridgehead atoms. The molecule has 0 amide bonds. The molecule has 3 aromatic carbocycles. The molecule has 3 aromatic rings. The number of primary sulfonamides is 1. The van der Waals surface area contributed by atoms with Gasteiger partial charge in [0.25, 0.3) is 0 Å². The van der Waals surface area contributed by atoms with Crippen molar-refractivity contribution < 1.29 is 31.6 Å². The van der Waals surface area contributed by atoms with Crippen molar-refractivity contribution in [3.05, 3.63) is 93.5 Å². The first kappa shape index (κ1) is 32.0. The fraction of sp³-hybridized carbons (Fsp3) is 0.182. The Kier molecular flexibility index (Phi) is 11.7. The summed E-state index contributed by atoms with van der Waals surface area (Å²) < 4.78 is 61.6. The number of alkyl halides is 2. The van der Waals surface area contributed by atoms with Crippen LogP contribution >= 0.6 is 47.0 Å². The average molecular weight is 648 g/mol. The second-order valence-electron chi connectivity index (χ2n) is 7.51. The Morgan fingerprint density at radius 2 is 1.39 bits per heavy atom. The Morgan fingerprint density at radius 1 is 0.889 bits per heavy atom. The van der Waals surface area contributed by atoms with Crippen LogP contribution in [0.4, 0.5) is 8.78 Å². The van der Waals surface area contributed by atoms with Gasteiger partial charge in [-0.2, -0.15) is 20.5 Å². The first-order valence-electron chi connectivity index (χ1n) is 9.91. The van der Waals surface area contributed by atoms with Crippen molar-refractivity contribution in [1.82, 2.24) is 0 Å². The summed E-state index contributed by atoms with van der Waals surface area (Å²) in [5, 5.41) is 5.10. The van der Waals surface area contributed by atoms with Gasteiger partial charge in [0.05, 0.1) is 4.90 Å². The maximum atomic E-state index is 13.9. The molecule has 0 spiro atoms. The number of hydrogen-bond donors (Lipinski definition) is 3. The van der Waals surface area contributed by atoms with Crippen molar-refractivity contribution in [2.24, 2.45) is 5.14 Å². The van der Waals surface area contributed by atoms with Crippen molar-refractivity contribution in [3.63, 3.8) is 0 Å². The molecule has 36 heavy (non-hydrogen) atoms. The van der Waals surface area contributed by atoms with Crippen LogP contribution in [0.5, 0.6) is 0 Å². The van der Waals surface area contributed by atoms with E-state index in [4.69, 9.17) is 14.9 Å². The minimum atomic E-state index is -5.63. The number of sulfonamides is 1. The van der Waals surface area contributed by atoms with Gasteiger partial charge in [0, 0.05) is 32.2 Å². The molecule has 190 valence electrons. The molecule has 0 atom stereocenters. The monoisotopic (exact) mass is 647 g/mol. The van der Waals surface area contributed by atoms with Crippen LogP contribution < -0.4 is 5.14 Å². The molecular weight excluding hydrogens is 626 g/mol. The van der Waals surface area contributed by atoms with Gasteiger partial charge in [-0.15, -0.1) is 11.8 Å². The van der Waals surface area contributed by atoms with Crippen LogP contribution in [-0.4, -0.2) is 47.8 Å². The zero-order valence-electron chi connectivity index (χ0n) is 18.0. The molecule has 0 aromatic heterocycles. The van der Waals surface area contributed by atoms with Gasteiger partial charge in [0.15, 0.2) is 0 Å². The van der Waals surface area contributed by atoms with Gasteiger partial charge in [-0.3, -0.25) is 4.57 Å². The number of nitrogens with two attached hydrogens (primary N) is 1. The van der Waals surface area contributed by atoms with E-state index in [0.29, 0.717) is 17.3 Å². The zero-order valence-corrected chi connectivity index (χ0v) is 22.9. The third-order valence-corrected chi connectivity index (χ3v) is 9.56. The zero-order chi connectivity index (χ0) is 25.9. The first-order chi connectivity index (χ1) is 16.3. The van der Waals surface area contributed by atoms with E-state index in [-0.39, 0.29) is 38.9 Å². The maximum absolute atomic E-state index is 13.9. The van der Waals surface area contributed by atoms with Crippen LogP contribution in [0, 0.1) is 0 Å². The molecule has 0 unspecified atom stereocenters. The summed E-state index contributed by atoms with van der Waals surface area (Å²) in [4.78, 5) is 18.8. The molecule has 0 heterocycles. The van der Waals surface area contributed by atoms with E-state index in [0.717, 1.165) is 27.7 Å². The normalized spacial score (nSPS) is 12.3. The van der Waals surface area contributed by atoms with Crippen molar-refractivity contribution in [3.8, 4) is 0 Å². The fourth-order valence-electron chi connectivity index (χ4n) is 2.96. The Balaban J connectivity index is 0.00000456. The molecule has 6 nitrogen and oxygen atoms in total. The van der Waals surface area contributed by atoms with Crippen LogP contribution in [-0.2, 0) is 37.5 Å². The van der Waals surface area contributed by atoms with E-state index in [9.17, 15) is 21.8 Å². The van der Waals surface area contributed by atoms with Crippen molar-refractivity contribution >= 4 is 86.6 Å². The van der Waals surface area contributed by atoms with E-state index in [1.165, 1.54) is 24.3 Å². The second kappa shape index (κ2) is 13.2. The molecule has 0 aliphatic carbocycles. The summed E-state index contributed by atoms with van der Waals surface area (Å²) in [7, 11) is -9.33. The van der Waals surface area contributed by atoms with Crippen LogP contribution in [0.2, 0.25) is 0 Å². The van der Waals surface area contributed by atoms with E-state index >= 15 is 0 Å². The SMILES string of the molecule is NS(=O)(=O)c1ccc(SCc2ccc(CSCc3ccc(C(F)(F)P(=O)(O)O)c(Br)c3)cc2)cc1.[NaH]. The molecular formula is C22H22BrF2NNaO5PS3. The van der Waals surface area contributed by atoms with E-state index in [1.54, 1.807) is 35.7 Å². The molecule has 0 aliphatic heterocycles. The summed E-state index contributed by atoms with van der Waals surface area (Å²) in [6.45, 7) is 0. The molecule has 0 saturated carbocycles. The van der Waals surface area contributed by atoms with Crippen LogP contribution in [0.3, 0.4) is 0 Å². The van der Waals surface area contributed by atoms with E-state index < -0.39 is 28.8 Å². The van der Waals surface area contributed by atoms with Crippen LogP contribution in [0.25, 0.3) is 0 Å². The van der Waals surface area contributed by atoms with Gasteiger partial charge in [0.2, 0.25) is 10.0 Å². The molecule has 0 saturated heterocycles. The number of rotatable bonds is 10. The molecule has 0 aliphatic rings. The number of halogens is 3. The molecule has 14 heteroatoms. The Bertz CT molecular complexity index is 1340. The quantitative estimate of drug-likeness (QED) is 0.153. The molecule has 3 rings (SSSR count). The first-order valence-corrected chi connectivity index (χ1v) is 16.0. The number of hydrogen-bond acceptors (Lipinski definition) is 5. The van der Waals surface area contributed by atoms with Gasteiger partial charge >= 0.3 is 42.8 Å². The second-order valence-corrected chi connectivity index (χ2v) is 13.6. The summed E-state index contributed by atoms with van der Waals surface area (Å²) in [6.07, 6.45) is 0. The molecule has 0 fully saturated rings. The van der Waals surface area contributed by atoms with Gasteiger partial charge in [0.1, 0.15) is 0 Å². The number of thioether (sulfide) groups is 2. The summed E-state index contributed by atoms with van der Waals surface area (Å²) in [6, 6.07) is 18.3. The third-order valence-electron chi connectivity index (χ3n) is 4.84. The summed E-state index contributed by atoms with van der Waals surface area (Å²) in [5.74, 6) is 1.94. The minimum absolute atomic E-state index is 0. The van der Waals surface area contributed by atoms with E-state index in [1.807, 2.05) is 24.3 Å². The van der Waals surface area contributed by atoms with Gasteiger partial charge in [-0.1, -0.05) is 52.3 Å². The fourth-order valence-corrected chi connectivity index (χ4v) is 6.61. The predicted octanol–water partition coefficient (Wildman–Crippen LogP) is 5.40. The van der Waals surface area contributed by atoms with Gasteiger partial charge < -0.3 is 9.79 Å². The van der Waals surface area contributed by atoms with E-state index in [2.05, 4.69) is 15.9 Å². The van der Waals surface area contributed by atoms with Crippen molar-refractivity contribution in [1.29, 1.82) is 0 Å². The molecule has 4 N–H and O–H groups in total. The van der Waals surface area contributed by atoms with Crippen molar-refractivity contribution in [2.75, 3.05) is 0 Å². The topological polar surface area (TPSA) is 118 Å². The Morgan fingerprint density at radius 3 is 1.89 bits per heavy atom. The Hall–Kier alpha value is -0.240. The Labute approximate surface area is 247 Å². The van der Waals surface area contributed by atoms with Gasteiger partial charge in [-0.25, -0.2) is 13.6 Å². The average Bonchev–Trinajstić information content (AvgIpc) is 2.77. The summed E-state index contributed by atoms with van der Waals surface area (Å²) >= 11 is 6.15. The predicted molar refractivity (Wildman–Crippen MR) is 146 cm³/mol. The third kappa shape index (κ3) is 8.64. The van der Waals surface area contributed by atoms with Crippen LogP contribution in [0.1, 0.15) is 22.3 Å². The van der Waals surface area contributed by atoms with Gasteiger partial charge in [-0.05, 0) is 47.0 Å². The molecule has 0 radical (unpaired) electrons. The summed E-state index contributed by atoms with van der Waals surface area (Å²) in [5.41, 5.74) is -2.07.